The van der Waals surface area contributed by atoms with Gasteiger partial charge in [-0.2, -0.15) is 0 Å². The summed E-state index contributed by atoms with van der Waals surface area (Å²) in [7, 11) is 4.30. The van der Waals surface area contributed by atoms with Crippen LogP contribution in [-0.2, 0) is 19.5 Å². The van der Waals surface area contributed by atoms with E-state index >= 15 is 0 Å². The van der Waals surface area contributed by atoms with E-state index in [1.165, 1.54) is 125 Å². The van der Waals surface area contributed by atoms with Gasteiger partial charge in [0.1, 0.15) is 0 Å². The van der Waals surface area contributed by atoms with Crippen molar-refractivity contribution in [2.24, 2.45) is 14.1 Å². The lowest BCUT2D eigenvalue weighted by molar-refractivity contribution is 0.660. The van der Waals surface area contributed by atoms with Crippen molar-refractivity contribution in [3.05, 3.63) is 204 Å². The molecule has 0 N–H and O–H groups in total. The lowest BCUT2D eigenvalue weighted by Crippen LogP contribution is -2.15. The Morgan fingerprint density at radius 1 is 0.413 bits per heavy atom. The van der Waals surface area contributed by atoms with Gasteiger partial charge in [0, 0.05) is 77.8 Å². The first kappa shape index (κ1) is 38.9. The maximum absolute atomic E-state index is 2.47. The van der Waals surface area contributed by atoms with Gasteiger partial charge in [-0.25, -0.2) is 0 Å². The fourth-order valence-corrected chi connectivity index (χ4v) is 11.8. The summed E-state index contributed by atoms with van der Waals surface area (Å²) >= 11 is 1.88. The molecule has 0 amide bonds. The molecule has 0 radical (unpaired) electrons. The molecule has 0 spiro atoms. The average molecular weight is 831 g/mol. The van der Waals surface area contributed by atoms with Crippen LogP contribution >= 0.6 is 11.3 Å². The van der Waals surface area contributed by atoms with Crippen molar-refractivity contribution in [2.45, 2.75) is 40.0 Å². The highest BCUT2D eigenvalue weighted by Crippen LogP contribution is 2.53. The van der Waals surface area contributed by atoms with E-state index in [1.807, 2.05) is 11.3 Å². The van der Waals surface area contributed by atoms with Crippen LogP contribution in [0.1, 0.15) is 41.7 Å². The third-order valence-electron chi connectivity index (χ3n) is 13.8. The average Bonchev–Trinajstić information content (AvgIpc) is 3.99. The Labute approximate surface area is 373 Å². The van der Waals surface area contributed by atoms with E-state index in [2.05, 4.69) is 234 Å². The van der Waals surface area contributed by atoms with Crippen LogP contribution in [0.5, 0.6) is 0 Å². The zero-order chi connectivity index (χ0) is 43.1. The molecule has 12 aromatic rings. The predicted molar refractivity (Wildman–Crippen MR) is 275 cm³/mol. The highest BCUT2D eigenvalue weighted by molar-refractivity contribution is 7.25. The highest BCUT2D eigenvalue weighted by atomic mass is 32.1. The molecule has 13 rings (SSSR count). The van der Waals surface area contributed by atoms with Crippen molar-refractivity contribution in [3.8, 4) is 22.3 Å². The Bertz CT molecular complexity index is 3780. The van der Waals surface area contributed by atoms with Gasteiger partial charge in [-0.3, -0.25) is 0 Å². The van der Waals surface area contributed by atoms with E-state index in [9.17, 15) is 0 Å². The summed E-state index contributed by atoms with van der Waals surface area (Å²) in [5, 5.41) is 10.8. The van der Waals surface area contributed by atoms with Crippen molar-refractivity contribution in [3.63, 3.8) is 0 Å². The molecule has 0 saturated carbocycles. The smallest absolute Gasteiger partial charge is 0.0518 e. The van der Waals surface area contributed by atoms with Crippen LogP contribution in [0, 0.1) is 20.8 Å². The second kappa shape index (κ2) is 14.9. The van der Waals surface area contributed by atoms with E-state index in [0.717, 1.165) is 0 Å². The van der Waals surface area contributed by atoms with Crippen LogP contribution in [0.4, 0.5) is 0 Å². The Morgan fingerprint density at radius 2 is 1.00 bits per heavy atom. The molecular weight excluding hydrogens is 781 g/mol. The maximum atomic E-state index is 2.47. The van der Waals surface area contributed by atoms with Crippen molar-refractivity contribution in [2.75, 3.05) is 0 Å². The summed E-state index contributed by atoms with van der Waals surface area (Å²) in [6, 6.07) is 64.3. The van der Waals surface area contributed by atoms with Gasteiger partial charge >= 0.3 is 0 Å². The molecule has 3 heterocycles. The molecule has 0 bridgehead atoms. The molecular formula is C60H50N2S. The number of rotatable bonds is 1. The zero-order valence-electron chi connectivity index (χ0n) is 37.0. The SMILES string of the molecule is Cc1ccc2c(c1)C(C)(C)c1cc(-c3ccc4c(c3)c3ccccc3n4C)c3ccccc3c1-2.Cc1cccc2c3ccccc3n(C)c12.Cc1cccc2sc3ccccc3c12. The van der Waals surface area contributed by atoms with Gasteiger partial charge in [-0.15, -0.1) is 11.3 Å². The van der Waals surface area contributed by atoms with Crippen LogP contribution in [-0.4, -0.2) is 9.13 Å². The fourth-order valence-electron chi connectivity index (χ4n) is 10.7. The maximum Gasteiger partial charge on any atom is 0.0518 e. The number of benzene rings is 9. The minimum absolute atomic E-state index is 0.0288. The quantitative estimate of drug-likeness (QED) is 0.156. The van der Waals surface area contributed by atoms with Crippen molar-refractivity contribution in [1.29, 1.82) is 0 Å². The standard InChI is InChI=1S/C33H27N.C14H13N.C13H10S/c1-20-13-15-25-28(17-20)33(2,3)29-19-26(22-9-5-6-11-24(22)32(25)29)21-14-16-31-27(18-21)23-10-7-8-12-30(23)34(31)4;1-10-6-5-8-12-11-7-3-4-9-13(11)15(2)14(10)12;1-9-5-4-8-12-13(9)10-6-2-3-7-11(10)14-12/h5-19H,1-4H3;3-9H,1-2H3;2-8H,1H3. The molecule has 306 valence electrons. The van der Waals surface area contributed by atoms with Gasteiger partial charge in [0.15, 0.2) is 0 Å². The molecule has 0 aliphatic heterocycles. The molecule has 63 heavy (non-hydrogen) atoms. The third-order valence-corrected chi connectivity index (χ3v) is 14.9. The minimum atomic E-state index is -0.0288. The first-order valence-electron chi connectivity index (χ1n) is 22.0. The summed E-state index contributed by atoms with van der Waals surface area (Å²) in [4.78, 5) is 0. The van der Waals surface area contributed by atoms with E-state index in [4.69, 9.17) is 0 Å². The van der Waals surface area contributed by atoms with Crippen LogP contribution in [0.3, 0.4) is 0 Å². The third kappa shape index (κ3) is 6.13. The van der Waals surface area contributed by atoms with Gasteiger partial charge < -0.3 is 9.13 Å². The van der Waals surface area contributed by atoms with Crippen molar-refractivity contribution < 1.29 is 0 Å². The number of para-hydroxylation sites is 3. The lowest BCUT2D eigenvalue weighted by atomic mass is 9.80. The number of hydrogen-bond donors (Lipinski definition) is 0. The van der Waals surface area contributed by atoms with Gasteiger partial charge in [0.2, 0.25) is 0 Å². The summed E-state index contributed by atoms with van der Waals surface area (Å²) in [6.07, 6.45) is 0. The zero-order valence-corrected chi connectivity index (χ0v) is 37.9. The van der Waals surface area contributed by atoms with E-state index in [1.54, 1.807) is 0 Å². The summed E-state index contributed by atoms with van der Waals surface area (Å²) in [5.41, 5.74) is 17.5. The van der Waals surface area contributed by atoms with Gasteiger partial charge in [0.05, 0.1) is 5.52 Å². The van der Waals surface area contributed by atoms with Gasteiger partial charge in [-0.1, -0.05) is 153 Å². The molecule has 3 aromatic heterocycles. The number of aromatic nitrogens is 2. The van der Waals surface area contributed by atoms with E-state index in [-0.39, 0.29) is 5.41 Å². The summed E-state index contributed by atoms with van der Waals surface area (Å²) in [5.74, 6) is 0. The largest absolute Gasteiger partial charge is 0.344 e. The van der Waals surface area contributed by atoms with Crippen LogP contribution in [0.2, 0.25) is 0 Å². The van der Waals surface area contributed by atoms with Crippen LogP contribution in [0.25, 0.3) is 96.8 Å². The topological polar surface area (TPSA) is 9.86 Å². The monoisotopic (exact) mass is 830 g/mol. The first-order valence-corrected chi connectivity index (χ1v) is 22.9. The Balaban J connectivity index is 0.000000125. The number of fused-ring (bicyclic) bond motifs is 14. The molecule has 0 atom stereocenters. The Hall–Kier alpha value is -6.94. The van der Waals surface area contributed by atoms with Crippen LogP contribution in [0.15, 0.2) is 176 Å². The number of thiophene rings is 1. The number of aryl methyl sites for hydroxylation is 5. The molecule has 0 unspecified atom stereocenters. The number of nitrogens with zero attached hydrogens (tertiary/aromatic N) is 2. The van der Waals surface area contributed by atoms with Crippen molar-refractivity contribution in [1.82, 2.24) is 9.13 Å². The molecule has 9 aromatic carbocycles. The highest BCUT2D eigenvalue weighted by Gasteiger charge is 2.37. The molecule has 0 saturated heterocycles. The first-order chi connectivity index (χ1) is 30.6. The van der Waals surface area contributed by atoms with Crippen LogP contribution < -0.4 is 0 Å². The van der Waals surface area contributed by atoms with Gasteiger partial charge in [-0.05, 0) is 119 Å². The summed E-state index contributed by atoms with van der Waals surface area (Å²) in [6.45, 7) is 11.3. The number of hydrogen-bond acceptors (Lipinski definition) is 1. The minimum Gasteiger partial charge on any atom is -0.344 e. The molecule has 1 aliphatic carbocycles. The Morgan fingerprint density at radius 3 is 1.78 bits per heavy atom. The van der Waals surface area contributed by atoms with Gasteiger partial charge in [0.25, 0.3) is 0 Å². The molecule has 3 heteroatoms. The normalized spacial score (nSPS) is 12.8. The lowest BCUT2D eigenvalue weighted by Gasteiger charge is -2.23. The van der Waals surface area contributed by atoms with E-state index in [0.29, 0.717) is 0 Å². The fraction of sp³-hybridized carbons (Fsp3) is 0.133. The predicted octanol–water partition coefficient (Wildman–Crippen LogP) is 16.8. The Kier molecular flexibility index (Phi) is 9.19. The summed E-state index contributed by atoms with van der Waals surface area (Å²) < 4.78 is 7.36. The molecule has 2 nitrogen and oxygen atoms in total. The second-order valence-electron chi connectivity index (χ2n) is 18.0. The second-order valence-corrected chi connectivity index (χ2v) is 19.1. The van der Waals surface area contributed by atoms with E-state index < -0.39 is 0 Å². The van der Waals surface area contributed by atoms with Crippen molar-refractivity contribution >= 4 is 85.9 Å². The molecule has 1 aliphatic rings. The molecule has 0 fully saturated rings.